The van der Waals surface area contributed by atoms with E-state index in [1.165, 1.54) is 12.3 Å². The molecule has 2 aromatic carbocycles. The van der Waals surface area contributed by atoms with Gasteiger partial charge in [0.05, 0.1) is 5.41 Å². The number of para-hydroxylation sites is 1. The van der Waals surface area contributed by atoms with E-state index in [9.17, 15) is 14.4 Å². The number of H-pyrrole nitrogens is 1. The molecule has 1 aliphatic heterocycles. The van der Waals surface area contributed by atoms with Crippen LogP contribution in [0.15, 0.2) is 77.7 Å². The lowest BCUT2D eigenvalue weighted by Gasteiger charge is -2.28. The van der Waals surface area contributed by atoms with Crippen LogP contribution in [0.2, 0.25) is 0 Å². The van der Waals surface area contributed by atoms with E-state index in [1.807, 2.05) is 54.6 Å². The van der Waals surface area contributed by atoms with Gasteiger partial charge in [-0.2, -0.15) is 0 Å². The van der Waals surface area contributed by atoms with Crippen LogP contribution in [0.5, 0.6) is 0 Å². The number of carbonyl (C=O) groups excluding carboxylic acids is 2. The van der Waals surface area contributed by atoms with Crippen LogP contribution in [0.1, 0.15) is 17.5 Å². The molecule has 6 heteroatoms. The second kappa shape index (κ2) is 7.39. The molecule has 0 radical (unpaired) electrons. The standard InChI is InChI=1S/C23H21N3O3/c1-26-19-12-6-5-10-17(19)23(22(26)29,14-16-8-3-2-4-9-16)15-20(27)25-18-11-7-13-24-21(18)28/h2-13H,14-15H2,1H3,(H,24,28)(H,25,27)/t23-/m0/s1. The van der Waals surface area contributed by atoms with Gasteiger partial charge in [-0.25, -0.2) is 0 Å². The topological polar surface area (TPSA) is 82.3 Å². The summed E-state index contributed by atoms with van der Waals surface area (Å²) in [5, 5.41) is 2.66. The Balaban J connectivity index is 1.74. The van der Waals surface area contributed by atoms with Gasteiger partial charge in [0.1, 0.15) is 5.69 Å². The van der Waals surface area contributed by atoms with Gasteiger partial charge in [-0.05, 0) is 35.7 Å². The Labute approximate surface area is 168 Å². The van der Waals surface area contributed by atoms with Crippen molar-refractivity contribution in [1.82, 2.24) is 4.98 Å². The molecular weight excluding hydrogens is 366 g/mol. The summed E-state index contributed by atoms with van der Waals surface area (Å²) in [7, 11) is 1.73. The molecule has 0 saturated heterocycles. The number of likely N-dealkylation sites (N-methyl/N-ethyl adjacent to an activating group) is 1. The lowest BCUT2D eigenvalue weighted by Crippen LogP contribution is -2.43. The van der Waals surface area contributed by atoms with E-state index in [4.69, 9.17) is 0 Å². The normalized spacial score (nSPS) is 17.8. The van der Waals surface area contributed by atoms with Gasteiger partial charge in [-0.3, -0.25) is 14.4 Å². The van der Waals surface area contributed by atoms with Crippen LogP contribution in [0.4, 0.5) is 11.4 Å². The quantitative estimate of drug-likeness (QED) is 0.706. The summed E-state index contributed by atoms with van der Waals surface area (Å²) in [6.07, 6.45) is 1.84. The zero-order valence-electron chi connectivity index (χ0n) is 16.0. The lowest BCUT2D eigenvalue weighted by molar-refractivity contribution is -0.127. The van der Waals surface area contributed by atoms with Crippen LogP contribution in [-0.4, -0.2) is 23.8 Å². The molecular formula is C23H21N3O3. The minimum absolute atomic E-state index is 0.0591. The average Bonchev–Trinajstić information content (AvgIpc) is 2.93. The van der Waals surface area contributed by atoms with Gasteiger partial charge < -0.3 is 15.2 Å². The number of fused-ring (bicyclic) bond motifs is 1. The highest BCUT2D eigenvalue weighted by Crippen LogP contribution is 2.45. The number of carbonyl (C=O) groups is 2. The first kappa shape index (κ1) is 18.7. The molecule has 0 fully saturated rings. The van der Waals surface area contributed by atoms with Crippen molar-refractivity contribution < 1.29 is 9.59 Å². The second-order valence-electron chi connectivity index (χ2n) is 7.26. The molecule has 2 N–H and O–H groups in total. The van der Waals surface area contributed by atoms with Crippen LogP contribution >= 0.6 is 0 Å². The summed E-state index contributed by atoms with van der Waals surface area (Å²) >= 11 is 0. The van der Waals surface area contributed by atoms with Crippen LogP contribution in [0.25, 0.3) is 0 Å². The molecule has 1 aromatic heterocycles. The maximum Gasteiger partial charge on any atom is 0.271 e. The Morgan fingerprint density at radius 1 is 1.00 bits per heavy atom. The molecule has 0 aliphatic carbocycles. The maximum absolute atomic E-state index is 13.4. The smallest absolute Gasteiger partial charge is 0.271 e. The monoisotopic (exact) mass is 387 g/mol. The summed E-state index contributed by atoms with van der Waals surface area (Å²) in [4.78, 5) is 42.4. The van der Waals surface area contributed by atoms with Gasteiger partial charge in [0.25, 0.3) is 5.56 Å². The molecule has 0 saturated carbocycles. The van der Waals surface area contributed by atoms with E-state index in [0.29, 0.717) is 6.42 Å². The highest BCUT2D eigenvalue weighted by atomic mass is 16.2. The van der Waals surface area contributed by atoms with Crippen molar-refractivity contribution in [3.63, 3.8) is 0 Å². The first-order valence-corrected chi connectivity index (χ1v) is 9.40. The molecule has 1 atom stereocenters. The van der Waals surface area contributed by atoms with Crippen molar-refractivity contribution in [2.24, 2.45) is 0 Å². The molecule has 29 heavy (non-hydrogen) atoms. The molecule has 4 rings (SSSR count). The maximum atomic E-state index is 13.4. The fourth-order valence-electron chi connectivity index (χ4n) is 4.05. The van der Waals surface area contributed by atoms with E-state index in [0.717, 1.165) is 16.8 Å². The number of amides is 2. The molecule has 6 nitrogen and oxygen atoms in total. The molecule has 3 aromatic rings. The van der Waals surface area contributed by atoms with Crippen molar-refractivity contribution in [2.75, 3.05) is 17.3 Å². The Morgan fingerprint density at radius 2 is 1.72 bits per heavy atom. The summed E-state index contributed by atoms with van der Waals surface area (Å²) in [6, 6.07) is 20.4. The first-order valence-electron chi connectivity index (χ1n) is 9.40. The first-order chi connectivity index (χ1) is 14.0. The third-order valence-electron chi connectivity index (χ3n) is 5.40. The molecule has 146 valence electrons. The Morgan fingerprint density at radius 3 is 2.48 bits per heavy atom. The van der Waals surface area contributed by atoms with Gasteiger partial charge in [-0.15, -0.1) is 0 Å². The largest absolute Gasteiger partial charge is 0.327 e. The third-order valence-corrected chi connectivity index (χ3v) is 5.40. The minimum Gasteiger partial charge on any atom is -0.327 e. The van der Waals surface area contributed by atoms with Crippen molar-refractivity contribution in [1.29, 1.82) is 0 Å². The number of pyridine rings is 1. The number of anilines is 2. The zero-order chi connectivity index (χ0) is 20.4. The molecule has 1 aliphatic rings. The number of aromatic amines is 1. The Hall–Kier alpha value is -3.67. The highest BCUT2D eigenvalue weighted by molar-refractivity contribution is 6.10. The van der Waals surface area contributed by atoms with Crippen LogP contribution in [-0.2, 0) is 21.4 Å². The number of benzene rings is 2. The van der Waals surface area contributed by atoms with E-state index in [1.54, 1.807) is 18.0 Å². The number of hydrogen-bond donors (Lipinski definition) is 2. The molecule has 2 amide bonds. The van der Waals surface area contributed by atoms with Gasteiger partial charge in [0.15, 0.2) is 0 Å². The van der Waals surface area contributed by atoms with Crippen molar-refractivity contribution in [2.45, 2.75) is 18.3 Å². The average molecular weight is 387 g/mol. The zero-order valence-corrected chi connectivity index (χ0v) is 16.0. The van der Waals surface area contributed by atoms with Crippen molar-refractivity contribution >= 4 is 23.2 Å². The predicted octanol–water partition coefficient (Wildman–Crippen LogP) is 2.86. The molecule has 2 heterocycles. The van der Waals surface area contributed by atoms with E-state index < -0.39 is 5.41 Å². The molecule has 0 spiro atoms. The van der Waals surface area contributed by atoms with Gasteiger partial charge in [0.2, 0.25) is 11.8 Å². The summed E-state index contributed by atoms with van der Waals surface area (Å²) < 4.78 is 0. The van der Waals surface area contributed by atoms with Crippen LogP contribution in [0, 0.1) is 0 Å². The Bertz CT molecular complexity index is 1120. The van der Waals surface area contributed by atoms with Gasteiger partial charge >= 0.3 is 0 Å². The fourth-order valence-corrected chi connectivity index (χ4v) is 4.05. The lowest BCUT2D eigenvalue weighted by atomic mass is 9.73. The summed E-state index contributed by atoms with van der Waals surface area (Å²) in [5.74, 6) is -0.504. The number of nitrogens with one attached hydrogen (secondary N) is 2. The second-order valence-corrected chi connectivity index (χ2v) is 7.26. The summed E-state index contributed by atoms with van der Waals surface area (Å²) in [5.41, 5.74) is 1.36. The van der Waals surface area contributed by atoms with Crippen molar-refractivity contribution in [3.05, 3.63) is 94.4 Å². The van der Waals surface area contributed by atoms with Gasteiger partial charge in [0, 0.05) is 25.4 Å². The number of nitrogens with zero attached hydrogens (tertiary/aromatic N) is 1. The predicted molar refractivity (Wildman–Crippen MR) is 112 cm³/mol. The number of rotatable bonds is 5. The van der Waals surface area contributed by atoms with Gasteiger partial charge in [-0.1, -0.05) is 48.5 Å². The Kier molecular flexibility index (Phi) is 4.76. The SMILES string of the molecule is CN1C(=O)[C@](CC(=O)Nc2ccc[nH]c2=O)(Cc2ccccc2)c2ccccc21. The van der Waals surface area contributed by atoms with Crippen LogP contribution < -0.4 is 15.8 Å². The molecule has 0 unspecified atom stereocenters. The fraction of sp³-hybridized carbons (Fsp3) is 0.174. The van der Waals surface area contributed by atoms with Crippen molar-refractivity contribution in [3.8, 4) is 0 Å². The highest BCUT2D eigenvalue weighted by Gasteiger charge is 2.50. The van der Waals surface area contributed by atoms with Crippen LogP contribution in [0.3, 0.4) is 0 Å². The third kappa shape index (κ3) is 3.33. The molecule has 0 bridgehead atoms. The number of hydrogen-bond acceptors (Lipinski definition) is 3. The minimum atomic E-state index is -1.03. The van der Waals surface area contributed by atoms with E-state index >= 15 is 0 Å². The summed E-state index contributed by atoms with van der Waals surface area (Å²) in [6.45, 7) is 0. The van der Waals surface area contributed by atoms with E-state index in [-0.39, 0.29) is 29.5 Å². The van der Waals surface area contributed by atoms with E-state index in [2.05, 4.69) is 10.3 Å². The number of aromatic nitrogens is 1.